The maximum absolute atomic E-state index is 5.53. The van der Waals surface area contributed by atoms with Crippen molar-refractivity contribution in [3.63, 3.8) is 0 Å². The molecule has 2 rings (SSSR count). The van der Waals surface area contributed by atoms with Crippen LogP contribution in [-0.2, 0) is 4.74 Å². The molecule has 0 aromatic carbocycles. The Morgan fingerprint density at radius 3 is 2.62 bits per heavy atom. The highest BCUT2D eigenvalue weighted by atomic mass is 16.5. The molecule has 1 aliphatic carbocycles. The van der Waals surface area contributed by atoms with Gasteiger partial charge in [0, 0.05) is 13.7 Å². The summed E-state index contributed by atoms with van der Waals surface area (Å²) in [4.78, 5) is 4.25. The molecule has 1 saturated carbocycles. The van der Waals surface area contributed by atoms with Crippen molar-refractivity contribution < 1.29 is 9.47 Å². The highest BCUT2D eigenvalue weighted by Crippen LogP contribution is 2.34. The second kappa shape index (κ2) is 4.70. The molecule has 16 heavy (non-hydrogen) atoms. The Morgan fingerprint density at radius 1 is 1.38 bits per heavy atom. The Hall–Kier alpha value is -1.29. The molecule has 0 radical (unpaired) electrons. The van der Waals surface area contributed by atoms with Crippen LogP contribution < -0.4 is 10.1 Å². The number of anilines is 1. The summed E-state index contributed by atoms with van der Waals surface area (Å²) in [6.07, 6.45) is 5.23. The van der Waals surface area contributed by atoms with Gasteiger partial charge in [-0.3, -0.25) is 0 Å². The number of pyridine rings is 1. The number of hydrogen-bond acceptors (Lipinski definition) is 4. The van der Waals surface area contributed by atoms with Gasteiger partial charge in [-0.25, -0.2) is 4.98 Å². The Bertz CT molecular complexity index is 328. The average molecular weight is 222 g/mol. The third-order valence-corrected chi connectivity index (χ3v) is 3.26. The molecule has 1 aliphatic rings. The molecular formula is C12H18N2O2. The maximum Gasteiger partial charge on any atom is 0.137 e. The molecule has 0 bridgehead atoms. The number of methoxy groups -OCH3 is 2. The standard InChI is InChI=1S/C12H18N2O2/c1-15-10-4-5-11(13-8-10)14-9-12(16-2)6-3-7-12/h4-5,8H,3,6-7,9H2,1-2H3,(H,13,14). The molecule has 4 heteroatoms. The minimum Gasteiger partial charge on any atom is -0.495 e. The molecule has 0 unspecified atom stereocenters. The molecule has 1 heterocycles. The first-order valence-electron chi connectivity index (χ1n) is 5.57. The summed E-state index contributed by atoms with van der Waals surface area (Å²) in [5.74, 6) is 1.64. The second-order valence-electron chi connectivity index (χ2n) is 4.18. The lowest BCUT2D eigenvalue weighted by molar-refractivity contribution is -0.0601. The SMILES string of the molecule is COc1ccc(NCC2(OC)CCC2)nc1. The van der Waals surface area contributed by atoms with Gasteiger partial charge in [-0.2, -0.15) is 0 Å². The van der Waals surface area contributed by atoms with E-state index in [0.717, 1.165) is 31.0 Å². The summed E-state index contributed by atoms with van der Waals surface area (Å²) < 4.78 is 10.6. The van der Waals surface area contributed by atoms with E-state index >= 15 is 0 Å². The van der Waals surface area contributed by atoms with Crippen molar-refractivity contribution >= 4 is 5.82 Å². The molecule has 4 nitrogen and oxygen atoms in total. The van der Waals surface area contributed by atoms with Crippen molar-refractivity contribution in [1.82, 2.24) is 4.98 Å². The molecule has 1 aromatic heterocycles. The largest absolute Gasteiger partial charge is 0.495 e. The van der Waals surface area contributed by atoms with Crippen LogP contribution >= 0.6 is 0 Å². The van der Waals surface area contributed by atoms with Crippen LogP contribution in [0, 0.1) is 0 Å². The lowest BCUT2D eigenvalue weighted by Gasteiger charge is -2.40. The van der Waals surface area contributed by atoms with Crippen LogP contribution in [0.4, 0.5) is 5.82 Å². The van der Waals surface area contributed by atoms with Crippen LogP contribution in [0.1, 0.15) is 19.3 Å². The molecular weight excluding hydrogens is 204 g/mol. The van der Waals surface area contributed by atoms with E-state index in [0.29, 0.717) is 0 Å². The zero-order valence-electron chi connectivity index (χ0n) is 9.82. The minimum atomic E-state index is 0.0294. The number of hydrogen-bond donors (Lipinski definition) is 1. The van der Waals surface area contributed by atoms with Crippen molar-refractivity contribution in [3.8, 4) is 5.75 Å². The van der Waals surface area contributed by atoms with Crippen molar-refractivity contribution in [2.24, 2.45) is 0 Å². The predicted molar refractivity (Wildman–Crippen MR) is 62.9 cm³/mol. The highest BCUT2D eigenvalue weighted by molar-refractivity contribution is 5.38. The van der Waals surface area contributed by atoms with Gasteiger partial charge in [0.1, 0.15) is 11.6 Å². The molecule has 0 spiro atoms. The summed E-state index contributed by atoms with van der Waals surface area (Å²) in [6.45, 7) is 0.822. The van der Waals surface area contributed by atoms with E-state index in [1.165, 1.54) is 6.42 Å². The molecule has 0 aliphatic heterocycles. The summed E-state index contributed by atoms with van der Waals surface area (Å²) in [6, 6.07) is 3.82. The van der Waals surface area contributed by atoms with Crippen molar-refractivity contribution in [3.05, 3.63) is 18.3 Å². The van der Waals surface area contributed by atoms with Crippen LogP contribution in [-0.4, -0.2) is 31.3 Å². The summed E-state index contributed by atoms with van der Waals surface area (Å²) in [5, 5.41) is 3.30. The third kappa shape index (κ3) is 2.27. The van der Waals surface area contributed by atoms with E-state index in [1.807, 2.05) is 12.1 Å². The number of nitrogens with zero attached hydrogens (tertiary/aromatic N) is 1. The van der Waals surface area contributed by atoms with E-state index in [4.69, 9.17) is 9.47 Å². The zero-order valence-corrected chi connectivity index (χ0v) is 9.82. The van der Waals surface area contributed by atoms with Gasteiger partial charge in [-0.1, -0.05) is 0 Å². The van der Waals surface area contributed by atoms with Gasteiger partial charge in [-0.15, -0.1) is 0 Å². The van der Waals surface area contributed by atoms with Crippen LogP contribution in [0.15, 0.2) is 18.3 Å². The van der Waals surface area contributed by atoms with Gasteiger partial charge in [0.25, 0.3) is 0 Å². The molecule has 88 valence electrons. The molecule has 0 atom stereocenters. The number of ether oxygens (including phenoxy) is 2. The van der Waals surface area contributed by atoms with E-state index < -0.39 is 0 Å². The first kappa shape index (κ1) is 11.2. The van der Waals surface area contributed by atoms with Crippen molar-refractivity contribution in [1.29, 1.82) is 0 Å². The first-order valence-corrected chi connectivity index (χ1v) is 5.57. The Kier molecular flexibility index (Phi) is 3.29. The second-order valence-corrected chi connectivity index (χ2v) is 4.18. The fraction of sp³-hybridized carbons (Fsp3) is 0.583. The van der Waals surface area contributed by atoms with Gasteiger partial charge >= 0.3 is 0 Å². The van der Waals surface area contributed by atoms with Crippen LogP contribution in [0.3, 0.4) is 0 Å². The quantitative estimate of drug-likeness (QED) is 0.828. The fourth-order valence-electron chi connectivity index (χ4n) is 1.88. The summed E-state index contributed by atoms with van der Waals surface area (Å²) in [5.41, 5.74) is 0.0294. The normalized spacial score (nSPS) is 17.6. The minimum absolute atomic E-state index is 0.0294. The van der Waals surface area contributed by atoms with E-state index in [9.17, 15) is 0 Å². The molecule has 1 N–H and O–H groups in total. The lowest BCUT2D eigenvalue weighted by Crippen LogP contribution is -2.45. The van der Waals surface area contributed by atoms with Crippen LogP contribution in [0.25, 0.3) is 0 Å². The average Bonchev–Trinajstić information content (AvgIpc) is 2.29. The predicted octanol–water partition coefficient (Wildman–Crippen LogP) is 2.07. The number of rotatable bonds is 5. The van der Waals surface area contributed by atoms with E-state index in [2.05, 4.69) is 10.3 Å². The van der Waals surface area contributed by atoms with E-state index in [1.54, 1.807) is 20.4 Å². The molecule has 1 aromatic rings. The molecule has 1 fully saturated rings. The van der Waals surface area contributed by atoms with Crippen LogP contribution in [0.5, 0.6) is 5.75 Å². The van der Waals surface area contributed by atoms with Gasteiger partial charge in [0.2, 0.25) is 0 Å². The molecule has 0 saturated heterocycles. The smallest absolute Gasteiger partial charge is 0.137 e. The van der Waals surface area contributed by atoms with Gasteiger partial charge in [-0.05, 0) is 31.4 Å². The van der Waals surface area contributed by atoms with Gasteiger partial charge < -0.3 is 14.8 Å². The van der Waals surface area contributed by atoms with Crippen LogP contribution in [0.2, 0.25) is 0 Å². The third-order valence-electron chi connectivity index (χ3n) is 3.26. The Balaban J connectivity index is 1.89. The summed E-state index contributed by atoms with van der Waals surface area (Å²) in [7, 11) is 3.42. The zero-order chi connectivity index (χ0) is 11.4. The Morgan fingerprint density at radius 2 is 2.19 bits per heavy atom. The van der Waals surface area contributed by atoms with Crippen molar-refractivity contribution in [2.75, 3.05) is 26.1 Å². The van der Waals surface area contributed by atoms with E-state index in [-0.39, 0.29) is 5.60 Å². The topological polar surface area (TPSA) is 43.4 Å². The van der Waals surface area contributed by atoms with Gasteiger partial charge in [0.05, 0.1) is 18.9 Å². The first-order chi connectivity index (χ1) is 7.78. The molecule has 0 amide bonds. The number of nitrogens with one attached hydrogen (secondary N) is 1. The monoisotopic (exact) mass is 222 g/mol. The number of aromatic nitrogens is 1. The highest BCUT2D eigenvalue weighted by Gasteiger charge is 2.36. The van der Waals surface area contributed by atoms with Gasteiger partial charge in [0.15, 0.2) is 0 Å². The lowest BCUT2D eigenvalue weighted by atomic mass is 9.80. The fourth-order valence-corrected chi connectivity index (χ4v) is 1.88. The van der Waals surface area contributed by atoms with Crippen molar-refractivity contribution in [2.45, 2.75) is 24.9 Å². The maximum atomic E-state index is 5.53. The Labute approximate surface area is 96.0 Å². The summed E-state index contributed by atoms with van der Waals surface area (Å²) >= 11 is 0.